The first-order valence-corrected chi connectivity index (χ1v) is 9.69. The second-order valence-electron chi connectivity index (χ2n) is 7.40. The summed E-state index contributed by atoms with van der Waals surface area (Å²) in [6, 6.07) is 0.563. The van der Waals surface area contributed by atoms with Crippen molar-refractivity contribution in [3.8, 4) is 0 Å². The Balaban J connectivity index is 0.00000338. The molecule has 2 rings (SSSR count). The summed E-state index contributed by atoms with van der Waals surface area (Å²) in [4.78, 5) is 7.42. The fraction of sp³-hybridized carbons (Fsp3) is 0.789. The zero-order valence-electron chi connectivity index (χ0n) is 17.3. The molecule has 1 aliphatic rings. The first-order valence-electron chi connectivity index (χ1n) is 9.69. The lowest BCUT2D eigenvalue weighted by Crippen LogP contribution is -2.48. The van der Waals surface area contributed by atoms with Gasteiger partial charge in [0.25, 0.3) is 0 Å². The lowest BCUT2D eigenvalue weighted by molar-refractivity contribution is 0.192. The number of nitrogens with one attached hydrogen (secondary N) is 2. The predicted octanol–water partition coefficient (Wildman–Crippen LogP) is 2.83. The number of hydrogen-bond acceptors (Lipinski definition) is 3. The number of aromatic nitrogens is 2. The molecule has 0 radical (unpaired) electrons. The monoisotopic (exact) mass is 476 g/mol. The van der Waals surface area contributed by atoms with E-state index in [0.717, 1.165) is 24.7 Å². The second-order valence-corrected chi connectivity index (χ2v) is 7.40. The summed E-state index contributed by atoms with van der Waals surface area (Å²) in [7, 11) is 1.99. The van der Waals surface area contributed by atoms with Crippen LogP contribution >= 0.6 is 24.0 Å². The maximum atomic E-state index is 4.80. The average Bonchev–Trinajstić information content (AvgIpc) is 3.15. The van der Waals surface area contributed by atoms with Crippen molar-refractivity contribution in [1.82, 2.24) is 25.3 Å². The molecule has 26 heavy (non-hydrogen) atoms. The van der Waals surface area contributed by atoms with E-state index in [9.17, 15) is 0 Å². The van der Waals surface area contributed by atoms with E-state index in [0.29, 0.717) is 18.5 Å². The third-order valence-corrected chi connectivity index (χ3v) is 5.26. The van der Waals surface area contributed by atoms with Crippen LogP contribution in [-0.4, -0.2) is 52.9 Å². The fourth-order valence-electron chi connectivity index (χ4n) is 3.61. The van der Waals surface area contributed by atoms with E-state index < -0.39 is 0 Å². The number of halogens is 1. The van der Waals surface area contributed by atoms with Gasteiger partial charge in [-0.25, -0.2) is 4.99 Å². The SMILES string of the molecule is CCNC(=NCc1c(C)nn(C)c1C)NCC(C(C)C)N1CCCC1.I. The van der Waals surface area contributed by atoms with Gasteiger partial charge < -0.3 is 10.6 Å². The van der Waals surface area contributed by atoms with Gasteiger partial charge in [-0.05, 0) is 52.6 Å². The summed E-state index contributed by atoms with van der Waals surface area (Å²) in [5.74, 6) is 1.53. The molecule has 0 saturated carbocycles. The average molecular weight is 476 g/mol. The Morgan fingerprint density at radius 3 is 2.35 bits per heavy atom. The molecular formula is C19H37IN6. The summed E-state index contributed by atoms with van der Waals surface area (Å²) in [6.45, 7) is 15.8. The molecule has 0 aromatic carbocycles. The van der Waals surface area contributed by atoms with Gasteiger partial charge in [0.1, 0.15) is 0 Å². The number of hydrogen-bond donors (Lipinski definition) is 2. The molecule has 6 nitrogen and oxygen atoms in total. The molecule has 1 saturated heterocycles. The van der Waals surface area contributed by atoms with E-state index in [1.165, 1.54) is 37.2 Å². The lowest BCUT2D eigenvalue weighted by Gasteiger charge is -2.31. The second kappa shape index (κ2) is 11.1. The number of guanidine groups is 1. The molecule has 1 aliphatic heterocycles. The van der Waals surface area contributed by atoms with Gasteiger partial charge in [-0.1, -0.05) is 13.8 Å². The van der Waals surface area contributed by atoms with E-state index in [1.54, 1.807) is 0 Å². The number of rotatable bonds is 7. The molecule has 7 heteroatoms. The molecule has 0 bridgehead atoms. The van der Waals surface area contributed by atoms with Gasteiger partial charge >= 0.3 is 0 Å². The van der Waals surface area contributed by atoms with Gasteiger partial charge in [0.05, 0.1) is 12.2 Å². The Labute approximate surface area is 176 Å². The van der Waals surface area contributed by atoms with Crippen molar-refractivity contribution in [3.05, 3.63) is 17.0 Å². The summed E-state index contributed by atoms with van der Waals surface area (Å²) >= 11 is 0. The molecule has 1 unspecified atom stereocenters. The van der Waals surface area contributed by atoms with Crippen LogP contribution in [0.25, 0.3) is 0 Å². The lowest BCUT2D eigenvalue weighted by atomic mass is 10.0. The predicted molar refractivity (Wildman–Crippen MR) is 120 cm³/mol. The van der Waals surface area contributed by atoms with E-state index in [2.05, 4.69) is 55.3 Å². The Kier molecular flexibility index (Phi) is 9.92. The van der Waals surface area contributed by atoms with Crippen LogP contribution in [0.5, 0.6) is 0 Å². The van der Waals surface area contributed by atoms with Gasteiger partial charge in [0.2, 0.25) is 0 Å². The van der Waals surface area contributed by atoms with Crippen molar-refractivity contribution in [2.24, 2.45) is 18.0 Å². The molecule has 2 heterocycles. The molecule has 0 spiro atoms. The summed E-state index contributed by atoms with van der Waals surface area (Å²) in [6.07, 6.45) is 2.66. The third-order valence-electron chi connectivity index (χ3n) is 5.26. The highest BCUT2D eigenvalue weighted by atomic mass is 127. The van der Waals surface area contributed by atoms with Crippen molar-refractivity contribution in [2.45, 2.75) is 60.0 Å². The zero-order chi connectivity index (χ0) is 18.4. The van der Waals surface area contributed by atoms with Crippen LogP contribution in [0.2, 0.25) is 0 Å². The number of aliphatic imine (C=N–C) groups is 1. The first-order chi connectivity index (χ1) is 11.9. The van der Waals surface area contributed by atoms with Crippen molar-refractivity contribution < 1.29 is 0 Å². The number of likely N-dealkylation sites (tertiary alicyclic amines) is 1. The van der Waals surface area contributed by atoms with Crippen LogP contribution in [0, 0.1) is 19.8 Å². The van der Waals surface area contributed by atoms with Gasteiger partial charge in [-0.15, -0.1) is 24.0 Å². The highest BCUT2D eigenvalue weighted by Crippen LogP contribution is 2.17. The van der Waals surface area contributed by atoms with Crippen molar-refractivity contribution in [3.63, 3.8) is 0 Å². The Morgan fingerprint density at radius 2 is 1.85 bits per heavy atom. The summed E-state index contributed by atoms with van der Waals surface area (Å²) < 4.78 is 1.93. The number of nitrogens with zero attached hydrogens (tertiary/aromatic N) is 4. The van der Waals surface area contributed by atoms with E-state index in [4.69, 9.17) is 4.99 Å². The Hall–Kier alpha value is -0.830. The molecule has 1 aromatic rings. The maximum absolute atomic E-state index is 4.80. The highest BCUT2D eigenvalue weighted by molar-refractivity contribution is 14.0. The molecule has 2 N–H and O–H groups in total. The van der Waals surface area contributed by atoms with E-state index >= 15 is 0 Å². The Morgan fingerprint density at radius 1 is 1.19 bits per heavy atom. The molecule has 0 amide bonds. The normalized spacial score (nSPS) is 16.7. The van der Waals surface area contributed by atoms with Crippen molar-refractivity contribution in [1.29, 1.82) is 0 Å². The van der Waals surface area contributed by atoms with Crippen LogP contribution in [0.15, 0.2) is 4.99 Å². The van der Waals surface area contributed by atoms with Gasteiger partial charge in [0.15, 0.2) is 5.96 Å². The summed E-state index contributed by atoms with van der Waals surface area (Å²) in [5, 5.41) is 11.4. The molecule has 0 aliphatic carbocycles. The molecule has 1 fully saturated rings. The quantitative estimate of drug-likeness (QED) is 0.361. The van der Waals surface area contributed by atoms with Crippen LogP contribution in [0.3, 0.4) is 0 Å². The zero-order valence-corrected chi connectivity index (χ0v) is 19.6. The minimum absolute atomic E-state index is 0. The maximum Gasteiger partial charge on any atom is 0.191 e. The third kappa shape index (κ3) is 6.11. The van der Waals surface area contributed by atoms with Gasteiger partial charge in [-0.3, -0.25) is 9.58 Å². The molecular weight excluding hydrogens is 439 g/mol. The van der Waals surface area contributed by atoms with Crippen LogP contribution in [0.4, 0.5) is 0 Å². The van der Waals surface area contributed by atoms with Gasteiger partial charge in [0, 0.05) is 37.4 Å². The minimum atomic E-state index is 0. The molecule has 1 aromatic heterocycles. The Bertz CT molecular complexity index is 575. The standard InChI is InChI=1S/C19H36N6.HI/c1-7-20-19(21-12-17-15(4)23-24(6)16(17)5)22-13-18(14(2)3)25-10-8-9-11-25;/h14,18H,7-13H2,1-6H3,(H2,20,21,22);1H. The highest BCUT2D eigenvalue weighted by Gasteiger charge is 2.24. The smallest absolute Gasteiger partial charge is 0.191 e. The minimum Gasteiger partial charge on any atom is -0.357 e. The van der Waals surface area contributed by atoms with Crippen molar-refractivity contribution in [2.75, 3.05) is 26.2 Å². The topological polar surface area (TPSA) is 57.5 Å². The van der Waals surface area contributed by atoms with E-state index in [1.807, 2.05) is 11.7 Å². The first kappa shape index (κ1) is 23.2. The van der Waals surface area contributed by atoms with E-state index in [-0.39, 0.29) is 24.0 Å². The summed E-state index contributed by atoms with van der Waals surface area (Å²) in [5.41, 5.74) is 3.48. The van der Waals surface area contributed by atoms with Gasteiger partial charge in [-0.2, -0.15) is 5.10 Å². The molecule has 1 atom stereocenters. The number of aryl methyl sites for hydroxylation is 2. The van der Waals surface area contributed by atoms with Crippen LogP contribution in [0.1, 0.15) is 50.6 Å². The largest absolute Gasteiger partial charge is 0.357 e. The van der Waals surface area contributed by atoms with Crippen molar-refractivity contribution >= 4 is 29.9 Å². The fourth-order valence-corrected chi connectivity index (χ4v) is 3.61. The van der Waals surface area contributed by atoms with Crippen LogP contribution in [-0.2, 0) is 13.6 Å². The van der Waals surface area contributed by atoms with Crippen LogP contribution < -0.4 is 10.6 Å². The molecule has 150 valence electrons.